The van der Waals surface area contributed by atoms with Crippen LogP contribution in [0.15, 0.2) is 24.3 Å². The summed E-state index contributed by atoms with van der Waals surface area (Å²) in [5.41, 5.74) is 2.08. The summed E-state index contributed by atoms with van der Waals surface area (Å²) in [6, 6.07) is 7.69. The van der Waals surface area contributed by atoms with Crippen LogP contribution >= 0.6 is 0 Å². The Balaban J connectivity index is 2.84. The maximum absolute atomic E-state index is 10.5. The first-order valence-corrected chi connectivity index (χ1v) is 5.61. The maximum atomic E-state index is 10.5. The van der Waals surface area contributed by atoms with Crippen molar-refractivity contribution < 1.29 is 8.76 Å². The Hall–Kier alpha value is -0.670. The number of hydrogen-bond donors (Lipinski definition) is 0. The minimum Gasteiger partial charge on any atom is -0.772 e. The molecule has 0 heterocycles. The normalized spacial score (nSPS) is 12.8. The summed E-state index contributed by atoms with van der Waals surface area (Å²) in [4.78, 5) is 0. The van der Waals surface area contributed by atoms with Crippen molar-refractivity contribution in [1.29, 1.82) is 0 Å². The highest BCUT2D eigenvalue weighted by Crippen LogP contribution is 2.12. The minimum absolute atomic E-state index is 0.135. The predicted octanol–water partition coefficient (Wildman–Crippen LogP) is 2.02. The van der Waals surface area contributed by atoms with Crippen LogP contribution in [-0.4, -0.2) is 8.76 Å². The summed E-state index contributed by atoms with van der Waals surface area (Å²) in [5.74, 6) is 0.135. The topological polar surface area (TPSA) is 40.1 Å². The molecule has 0 bridgehead atoms. The Labute approximate surface area is 81.3 Å². The zero-order chi connectivity index (χ0) is 9.68. The molecular weight excluding hydrogens is 184 g/mol. The van der Waals surface area contributed by atoms with Gasteiger partial charge in [0.25, 0.3) is 0 Å². The summed E-state index contributed by atoms with van der Waals surface area (Å²) in [5, 5.41) is 0. The van der Waals surface area contributed by atoms with Gasteiger partial charge in [-0.15, -0.1) is 0 Å². The first kappa shape index (κ1) is 10.4. The van der Waals surface area contributed by atoms with Crippen LogP contribution in [0.25, 0.3) is 0 Å². The fourth-order valence-corrected chi connectivity index (χ4v) is 1.87. The van der Waals surface area contributed by atoms with Crippen LogP contribution in [0, 0.1) is 0 Å². The van der Waals surface area contributed by atoms with Crippen molar-refractivity contribution in [1.82, 2.24) is 0 Å². The van der Waals surface area contributed by atoms with Gasteiger partial charge in [-0.2, -0.15) is 0 Å². The fraction of sp³-hybridized carbons (Fsp3) is 0.400. The van der Waals surface area contributed by atoms with Crippen molar-refractivity contribution in [3.8, 4) is 0 Å². The van der Waals surface area contributed by atoms with Crippen molar-refractivity contribution in [2.45, 2.75) is 25.5 Å². The second-order valence-electron chi connectivity index (χ2n) is 2.97. The van der Waals surface area contributed by atoms with Crippen molar-refractivity contribution in [2.24, 2.45) is 0 Å². The highest BCUT2D eigenvalue weighted by Gasteiger charge is 1.99. The third-order valence-corrected chi connectivity index (χ3v) is 2.46. The summed E-state index contributed by atoms with van der Waals surface area (Å²) in [6.07, 6.45) is 2.00. The van der Waals surface area contributed by atoms with Crippen LogP contribution in [0.3, 0.4) is 0 Å². The average Bonchev–Trinajstić information content (AvgIpc) is 2.08. The zero-order valence-electron chi connectivity index (χ0n) is 7.66. The molecule has 0 aliphatic heterocycles. The van der Waals surface area contributed by atoms with Crippen LogP contribution in [0.2, 0.25) is 0 Å². The smallest absolute Gasteiger partial charge is 0.0355 e. The maximum Gasteiger partial charge on any atom is 0.0355 e. The third-order valence-electron chi connectivity index (χ3n) is 1.91. The van der Waals surface area contributed by atoms with E-state index in [4.69, 9.17) is 0 Å². The highest BCUT2D eigenvalue weighted by molar-refractivity contribution is 7.78. The number of hydrogen-bond acceptors (Lipinski definition) is 2. The van der Waals surface area contributed by atoms with Crippen molar-refractivity contribution in [3.63, 3.8) is 0 Å². The van der Waals surface area contributed by atoms with Gasteiger partial charge < -0.3 is 4.55 Å². The largest absolute Gasteiger partial charge is 0.772 e. The van der Waals surface area contributed by atoms with E-state index in [0.29, 0.717) is 0 Å². The van der Waals surface area contributed by atoms with E-state index in [1.165, 1.54) is 0 Å². The number of rotatable bonds is 4. The SMILES string of the molecule is CCCc1ccccc1CS(=O)[O-]. The van der Waals surface area contributed by atoms with Crippen LogP contribution in [0.5, 0.6) is 0 Å². The molecule has 13 heavy (non-hydrogen) atoms. The van der Waals surface area contributed by atoms with E-state index in [1.807, 2.05) is 24.3 Å². The van der Waals surface area contributed by atoms with Crippen molar-refractivity contribution in [2.75, 3.05) is 0 Å². The molecule has 0 fully saturated rings. The molecule has 0 spiro atoms. The Morgan fingerprint density at radius 2 is 1.92 bits per heavy atom. The second kappa shape index (κ2) is 5.14. The fourth-order valence-electron chi connectivity index (χ4n) is 1.34. The van der Waals surface area contributed by atoms with E-state index >= 15 is 0 Å². The van der Waals surface area contributed by atoms with E-state index in [9.17, 15) is 8.76 Å². The Bertz CT molecular complexity index is 297. The van der Waals surface area contributed by atoms with Crippen LogP contribution < -0.4 is 0 Å². The van der Waals surface area contributed by atoms with Gasteiger partial charge in [0.2, 0.25) is 0 Å². The van der Waals surface area contributed by atoms with Gasteiger partial charge in [-0.25, -0.2) is 0 Å². The standard InChI is InChI=1S/C10H14O2S/c1-2-5-9-6-3-4-7-10(9)8-13(11)12/h3-4,6-7H,2,5,8H2,1H3,(H,11,12)/p-1. The summed E-state index contributed by atoms with van der Waals surface area (Å²) >= 11 is -1.98. The van der Waals surface area contributed by atoms with Gasteiger partial charge in [0, 0.05) is 5.75 Å². The molecule has 0 N–H and O–H groups in total. The molecule has 2 nitrogen and oxygen atoms in total. The Kier molecular flexibility index (Phi) is 4.12. The van der Waals surface area contributed by atoms with E-state index < -0.39 is 11.1 Å². The first-order valence-electron chi connectivity index (χ1n) is 4.36. The lowest BCUT2D eigenvalue weighted by Gasteiger charge is -2.09. The molecule has 3 heteroatoms. The van der Waals surface area contributed by atoms with E-state index in [1.54, 1.807) is 0 Å². The minimum atomic E-state index is -1.98. The lowest BCUT2D eigenvalue weighted by atomic mass is 10.0. The molecule has 1 aromatic rings. The molecule has 1 unspecified atom stereocenters. The summed E-state index contributed by atoms with van der Waals surface area (Å²) < 4.78 is 21.1. The predicted molar refractivity (Wildman–Crippen MR) is 53.1 cm³/mol. The van der Waals surface area contributed by atoms with Gasteiger partial charge >= 0.3 is 0 Å². The first-order chi connectivity index (χ1) is 6.24. The molecule has 0 saturated carbocycles. The molecule has 0 aliphatic rings. The van der Waals surface area contributed by atoms with Crippen molar-refractivity contribution >= 4 is 11.1 Å². The second-order valence-corrected chi connectivity index (χ2v) is 3.86. The molecule has 1 aromatic carbocycles. The van der Waals surface area contributed by atoms with Crippen LogP contribution in [0.4, 0.5) is 0 Å². The quantitative estimate of drug-likeness (QED) is 0.693. The lowest BCUT2D eigenvalue weighted by molar-refractivity contribution is 0.536. The zero-order valence-corrected chi connectivity index (χ0v) is 8.47. The van der Waals surface area contributed by atoms with Gasteiger partial charge in [0.05, 0.1) is 0 Å². The third kappa shape index (κ3) is 3.28. The van der Waals surface area contributed by atoms with E-state index in [2.05, 4.69) is 6.92 Å². The summed E-state index contributed by atoms with van der Waals surface area (Å²) in [7, 11) is 0. The van der Waals surface area contributed by atoms with Gasteiger partial charge in [0.15, 0.2) is 0 Å². The molecule has 0 aliphatic carbocycles. The molecule has 72 valence electrons. The highest BCUT2D eigenvalue weighted by atomic mass is 32.2. The summed E-state index contributed by atoms with van der Waals surface area (Å²) in [6.45, 7) is 2.09. The average molecular weight is 197 g/mol. The molecular formula is C10H13O2S-. The lowest BCUT2D eigenvalue weighted by Crippen LogP contribution is -1.98. The number of benzene rings is 1. The Morgan fingerprint density at radius 1 is 1.31 bits per heavy atom. The van der Waals surface area contributed by atoms with Crippen LogP contribution in [-0.2, 0) is 23.3 Å². The van der Waals surface area contributed by atoms with Gasteiger partial charge in [-0.1, -0.05) is 48.7 Å². The molecule has 0 saturated heterocycles. The van der Waals surface area contributed by atoms with Gasteiger partial charge in [0.1, 0.15) is 0 Å². The molecule has 0 radical (unpaired) electrons. The molecule has 1 rings (SSSR count). The molecule has 0 aromatic heterocycles. The van der Waals surface area contributed by atoms with E-state index in [-0.39, 0.29) is 5.75 Å². The van der Waals surface area contributed by atoms with Gasteiger partial charge in [-0.3, -0.25) is 4.21 Å². The van der Waals surface area contributed by atoms with Crippen molar-refractivity contribution in [3.05, 3.63) is 35.4 Å². The number of aryl methyl sites for hydroxylation is 1. The monoisotopic (exact) mass is 197 g/mol. The van der Waals surface area contributed by atoms with Crippen LogP contribution in [0.1, 0.15) is 24.5 Å². The molecule has 0 amide bonds. The van der Waals surface area contributed by atoms with Gasteiger partial charge in [-0.05, 0) is 17.5 Å². The Morgan fingerprint density at radius 3 is 2.46 bits per heavy atom. The van der Waals surface area contributed by atoms with E-state index in [0.717, 1.165) is 24.0 Å². The molecule has 1 atom stereocenters.